The summed E-state index contributed by atoms with van der Waals surface area (Å²) in [7, 11) is 0. The Morgan fingerprint density at radius 1 is 1.60 bits per heavy atom. The predicted molar refractivity (Wildman–Crippen MR) is 64.1 cm³/mol. The van der Waals surface area contributed by atoms with Crippen molar-refractivity contribution in [3.8, 4) is 0 Å². The van der Waals surface area contributed by atoms with E-state index in [0.717, 1.165) is 22.3 Å². The molecule has 82 valence electrons. The maximum absolute atomic E-state index is 9.91. The summed E-state index contributed by atoms with van der Waals surface area (Å²) in [5, 5.41) is 9.91. The van der Waals surface area contributed by atoms with Crippen molar-refractivity contribution < 1.29 is 5.11 Å². The molecule has 0 atom stereocenters. The summed E-state index contributed by atoms with van der Waals surface area (Å²) in [4.78, 5) is 6.46. The second-order valence-corrected chi connectivity index (χ2v) is 5.11. The molecule has 0 spiro atoms. The van der Waals surface area contributed by atoms with E-state index < -0.39 is 5.60 Å². The van der Waals surface area contributed by atoms with Crippen LogP contribution in [-0.2, 0) is 0 Å². The quantitative estimate of drug-likeness (QED) is 0.895. The molecular formula is C11H15BrN2O. The molecule has 0 bridgehead atoms. The van der Waals surface area contributed by atoms with Gasteiger partial charge < -0.3 is 10.0 Å². The van der Waals surface area contributed by atoms with Crippen LogP contribution in [0.25, 0.3) is 0 Å². The third kappa shape index (κ3) is 2.01. The summed E-state index contributed by atoms with van der Waals surface area (Å²) in [6.45, 7) is 5.38. The van der Waals surface area contributed by atoms with E-state index in [1.807, 2.05) is 26.1 Å². The molecule has 1 aromatic heterocycles. The third-order valence-electron chi connectivity index (χ3n) is 2.89. The van der Waals surface area contributed by atoms with Gasteiger partial charge in [-0.3, -0.25) is 0 Å². The number of halogens is 1. The zero-order chi connectivity index (χ0) is 11.1. The Morgan fingerprint density at radius 2 is 2.27 bits per heavy atom. The number of aromatic nitrogens is 1. The SMILES string of the molecule is CCC1(O)CN(c2ncc(C)cc2Br)C1. The van der Waals surface area contributed by atoms with Crippen LogP contribution in [0.1, 0.15) is 18.9 Å². The molecule has 0 amide bonds. The summed E-state index contributed by atoms with van der Waals surface area (Å²) >= 11 is 3.50. The molecule has 2 heterocycles. The molecule has 15 heavy (non-hydrogen) atoms. The summed E-state index contributed by atoms with van der Waals surface area (Å²) in [5.41, 5.74) is 0.628. The molecule has 1 aliphatic rings. The standard InChI is InChI=1S/C11H15BrN2O/c1-3-11(15)6-14(7-11)10-9(12)4-8(2)5-13-10/h4-5,15H,3,6-7H2,1-2H3. The number of β-amino-alcohol motifs (C(OH)–C–C–N with tert-alkyl or cyclic N) is 1. The Morgan fingerprint density at radius 3 is 2.80 bits per heavy atom. The van der Waals surface area contributed by atoms with Gasteiger partial charge in [-0.05, 0) is 40.9 Å². The molecule has 0 aliphatic carbocycles. The first-order valence-electron chi connectivity index (χ1n) is 5.13. The van der Waals surface area contributed by atoms with Crippen LogP contribution < -0.4 is 4.90 Å². The Kier molecular flexibility index (Phi) is 2.73. The van der Waals surface area contributed by atoms with Gasteiger partial charge in [0.25, 0.3) is 0 Å². The first-order chi connectivity index (χ1) is 7.04. The average molecular weight is 271 g/mol. The van der Waals surface area contributed by atoms with Crippen molar-refractivity contribution in [1.82, 2.24) is 4.98 Å². The minimum Gasteiger partial charge on any atom is -0.386 e. The van der Waals surface area contributed by atoms with Crippen LogP contribution in [0.4, 0.5) is 5.82 Å². The molecule has 1 saturated heterocycles. The number of aliphatic hydroxyl groups is 1. The van der Waals surface area contributed by atoms with Gasteiger partial charge in [-0.2, -0.15) is 0 Å². The minimum absolute atomic E-state index is 0.508. The van der Waals surface area contributed by atoms with Crippen LogP contribution in [0, 0.1) is 6.92 Å². The smallest absolute Gasteiger partial charge is 0.143 e. The lowest BCUT2D eigenvalue weighted by atomic mass is 9.91. The normalized spacial score (nSPS) is 18.8. The number of hydrogen-bond acceptors (Lipinski definition) is 3. The van der Waals surface area contributed by atoms with Crippen molar-refractivity contribution in [2.75, 3.05) is 18.0 Å². The van der Waals surface area contributed by atoms with Gasteiger partial charge in [0.2, 0.25) is 0 Å². The van der Waals surface area contributed by atoms with Gasteiger partial charge in [0.1, 0.15) is 5.82 Å². The van der Waals surface area contributed by atoms with Crippen molar-refractivity contribution in [3.05, 3.63) is 22.3 Å². The number of hydrogen-bond donors (Lipinski definition) is 1. The van der Waals surface area contributed by atoms with Crippen LogP contribution in [0.5, 0.6) is 0 Å². The number of nitrogens with zero attached hydrogens (tertiary/aromatic N) is 2. The molecule has 0 saturated carbocycles. The zero-order valence-corrected chi connectivity index (χ0v) is 10.6. The average Bonchev–Trinajstić information content (AvgIpc) is 2.14. The molecule has 0 radical (unpaired) electrons. The number of aryl methyl sites for hydroxylation is 1. The minimum atomic E-state index is -0.508. The second kappa shape index (κ2) is 3.76. The van der Waals surface area contributed by atoms with Crippen molar-refractivity contribution >= 4 is 21.7 Å². The lowest BCUT2D eigenvalue weighted by Crippen LogP contribution is -2.62. The molecule has 1 fully saturated rings. The third-order valence-corrected chi connectivity index (χ3v) is 3.47. The van der Waals surface area contributed by atoms with Gasteiger partial charge in [-0.1, -0.05) is 6.92 Å². The molecule has 1 N–H and O–H groups in total. The van der Waals surface area contributed by atoms with Gasteiger partial charge in [0.05, 0.1) is 10.1 Å². The molecule has 1 aromatic rings. The highest BCUT2D eigenvalue weighted by Crippen LogP contribution is 2.33. The monoisotopic (exact) mass is 270 g/mol. The lowest BCUT2D eigenvalue weighted by molar-refractivity contribution is 0.00798. The number of anilines is 1. The van der Waals surface area contributed by atoms with Crippen LogP contribution in [0.3, 0.4) is 0 Å². The van der Waals surface area contributed by atoms with Gasteiger partial charge in [0, 0.05) is 19.3 Å². The molecule has 1 aliphatic heterocycles. The Labute approximate surface area is 98.3 Å². The Balaban J connectivity index is 2.13. The van der Waals surface area contributed by atoms with Crippen molar-refractivity contribution in [1.29, 1.82) is 0 Å². The molecule has 0 unspecified atom stereocenters. The predicted octanol–water partition coefficient (Wildman–Crippen LogP) is 2.11. The first kappa shape index (κ1) is 10.9. The van der Waals surface area contributed by atoms with Crippen LogP contribution >= 0.6 is 15.9 Å². The molecule has 4 heteroatoms. The fourth-order valence-corrected chi connectivity index (χ4v) is 2.51. The van der Waals surface area contributed by atoms with E-state index in [0.29, 0.717) is 13.1 Å². The van der Waals surface area contributed by atoms with E-state index >= 15 is 0 Å². The Hall–Kier alpha value is -0.610. The van der Waals surface area contributed by atoms with Gasteiger partial charge in [0.15, 0.2) is 0 Å². The van der Waals surface area contributed by atoms with E-state index in [1.54, 1.807) is 0 Å². The van der Waals surface area contributed by atoms with E-state index in [2.05, 4.69) is 25.8 Å². The zero-order valence-electron chi connectivity index (χ0n) is 9.00. The van der Waals surface area contributed by atoms with E-state index in [-0.39, 0.29) is 0 Å². The molecule has 2 rings (SSSR count). The molecular weight excluding hydrogens is 256 g/mol. The summed E-state index contributed by atoms with van der Waals surface area (Å²) in [5.74, 6) is 0.929. The maximum Gasteiger partial charge on any atom is 0.143 e. The lowest BCUT2D eigenvalue weighted by Gasteiger charge is -2.47. The fraction of sp³-hybridized carbons (Fsp3) is 0.545. The summed E-state index contributed by atoms with van der Waals surface area (Å²) in [6, 6.07) is 2.05. The van der Waals surface area contributed by atoms with Crippen molar-refractivity contribution in [3.63, 3.8) is 0 Å². The van der Waals surface area contributed by atoms with Crippen LogP contribution in [0.2, 0.25) is 0 Å². The number of rotatable bonds is 2. The van der Waals surface area contributed by atoms with E-state index in [4.69, 9.17) is 0 Å². The first-order valence-corrected chi connectivity index (χ1v) is 5.93. The van der Waals surface area contributed by atoms with Crippen molar-refractivity contribution in [2.24, 2.45) is 0 Å². The van der Waals surface area contributed by atoms with Gasteiger partial charge in [-0.25, -0.2) is 4.98 Å². The fourth-order valence-electron chi connectivity index (χ4n) is 1.80. The van der Waals surface area contributed by atoms with Crippen LogP contribution in [0.15, 0.2) is 16.7 Å². The van der Waals surface area contributed by atoms with Crippen LogP contribution in [-0.4, -0.2) is 28.8 Å². The largest absolute Gasteiger partial charge is 0.386 e. The van der Waals surface area contributed by atoms with Gasteiger partial charge in [-0.15, -0.1) is 0 Å². The maximum atomic E-state index is 9.91. The van der Waals surface area contributed by atoms with E-state index in [1.165, 1.54) is 0 Å². The number of pyridine rings is 1. The highest BCUT2D eigenvalue weighted by molar-refractivity contribution is 9.10. The van der Waals surface area contributed by atoms with E-state index in [9.17, 15) is 5.11 Å². The molecule has 0 aromatic carbocycles. The summed E-state index contributed by atoms with van der Waals surface area (Å²) in [6.07, 6.45) is 2.65. The highest BCUT2D eigenvalue weighted by Gasteiger charge is 2.40. The Bertz CT molecular complexity index is 375. The van der Waals surface area contributed by atoms with Crippen molar-refractivity contribution in [2.45, 2.75) is 25.9 Å². The summed E-state index contributed by atoms with van der Waals surface area (Å²) < 4.78 is 1.00. The topological polar surface area (TPSA) is 36.4 Å². The van der Waals surface area contributed by atoms with Gasteiger partial charge >= 0.3 is 0 Å². The highest BCUT2D eigenvalue weighted by atomic mass is 79.9. The molecule has 3 nitrogen and oxygen atoms in total. The second-order valence-electron chi connectivity index (χ2n) is 4.25.